The third-order valence-corrected chi connectivity index (χ3v) is 3.54. The van der Waals surface area contributed by atoms with Gasteiger partial charge in [-0.1, -0.05) is 110 Å². The Labute approximate surface area is 139 Å². The van der Waals surface area contributed by atoms with Gasteiger partial charge in [-0.15, -0.1) is 0 Å². The van der Waals surface area contributed by atoms with Gasteiger partial charge in [0, 0.05) is 0 Å². The van der Waals surface area contributed by atoms with Gasteiger partial charge in [-0.05, 0) is 28.5 Å². The van der Waals surface area contributed by atoms with Crippen LogP contribution in [0.15, 0.2) is 54.6 Å². The summed E-state index contributed by atoms with van der Waals surface area (Å²) in [5.41, 5.74) is 4.02. The fraction of sp³-hybridized carbons (Fsp3) is 0.455. The highest BCUT2D eigenvalue weighted by Crippen LogP contribution is 2.26. The molecule has 0 aromatic heterocycles. The molecule has 124 valence electrons. The van der Waals surface area contributed by atoms with Crippen LogP contribution < -0.4 is 0 Å². The molecule has 0 heterocycles. The van der Waals surface area contributed by atoms with E-state index in [1.165, 1.54) is 23.1 Å². The molecule has 0 spiro atoms. The van der Waals surface area contributed by atoms with Crippen molar-refractivity contribution in [2.24, 2.45) is 5.92 Å². The van der Waals surface area contributed by atoms with Gasteiger partial charge in [-0.3, -0.25) is 0 Å². The van der Waals surface area contributed by atoms with Crippen molar-refractivity contribution in [3.05, 3.63) is 60.2 Å². The standard InChI is InChI=1S/C17H20.C3H8.2CH4/c1-13(2)14(3)15-9-11-17(12-10-15)16-7-5-4-6-8-16;1-3-2;;/h4-14H,1-3H3;3H2,1-2H3;2*1H4. The average Bonchev–Trinajstić information content (AvgIpc) is 2.48. The number of benzene rings is 2. The summed E-state index contributed by atoms with van der Waals surface area (Å²) in [6.45, 7) is 11.1. The minimum atomic E-state index is 0. The van der Waals surface area contributed by atoms with Crippen LogP contribution in [0.25, 0.3) is 11.1 Å². The smallest absolute Gasteiger partial charge is 0.0167 e. The summed E-state index contributed by atoms with van der Waals surface area (Å²) >= 11 is 0. The largest absolute Gasteiger partial charge is 0.0776 e. The zero-order chi connectivity index (χ0) is 15.0. The van der Waals surface area contributed by atoms with Gasteiger partial charge in [0.1, 0.15) is 0 Å². The highest BCUT2D eigenvalue weighted by molar-refractivity contribution is 5.63. The van der Waals surface area contributed by atoms with Gasteiger partial charge in [0.05, 0.1) is 0 Å². The molecule has 0 aliphatic carbocycles. The van der Waals surface area contributed by atoms with E-state index in [2.05, 4.69) is 89.2 Å². The third kappa shape index (κ3) is 6.93. The fourth-order valence-electron chi connectivity index (χ4n) is 1.99. The first-order chi connectivity index (χ1) is 9.60. The van der Waals surface area contributed by atoms with Crippen LogP contribution in [0.3, 0.4) is 0 Å². The Morgan fingerprint density at radius 2 is 1.09 bits per heavy atom. The lowest BCUT2D eigenvalue weighted by Gasteiger charge is -2.16. The van der Waals surface area contributed by atoms with Crippen molar-refractivity contribution >= 4 is 0 Å². The summed E-state index contributed by atoms with van der Waals surface area (Å²) in [7, 11) is 0. The van der Waals surface area contributed by atoms with Crippen molar-refractivity contribution < 1.29 is 0 Å². The second-order valence-corrected chi connectivity index (χ2v) is 5.73. The van der Waals surface area contributed by atoms with Gasteiger partial charge in [-0.25, -0.2) is 0 Å². The molecule has 2 rings (SSSR count). The maximum Gasteiger partial charge on any atom is -0.0167 e. The van der Waals surface area contributed by atoms with Crippen LogP contribution in [0.1, 0.15) is 67.4 Å². The molecule has 0 heteroatoms. The Balaban J connectivity index is 0. The zero-order valence-corrected chi connectivity index (χ0v) is 13.6. The molecule has 0 N–H and O–H groups in total. The van der Waals surface area contributed by atoms with E-state index in [9.17, 15) is 0 Å². The molecule has 0 saturated heterocycles. The molecule has 0 nitrogen and oxygen atoms in total. The third-order valence-electron chi connectivity index (χ3n) is 3.54. The van der Waals surface area contributed by atoms with E-state index in [1.807, 2.05) is 0 Å². The molecule has 0 fully saturated rings. The van der Waals surface area contributed by atoms with Crippen LogP contribution in [-0.4, -0.2) is 0 Å². The average molecular weight is 301 g/mol. The van der Waals surface area contributed by atoms with Crippen LogP contribution in [0, 0.1) is 5.92 Å². The molecular formula is C22H36. The highest BCUT2D eigenvalue weighted by atomic mass is 14.1. The van der Waals surface area contributed by atoms with Gasteiger partial charge in [-0.2, -0.15) is 0 Å². The lowest BCUT2D eigenvalue weighted by atomic mass is 9.89. The van der Waals surface area contributed by atoms with Gasteiger partial charge in [0.15, 0.2) is 0 Å². The number of hydrogen-bond acceptors (Lipinski definition) is 0. The Hall–Kier alpha value is -1.56. The van der Waals surface area contributed by atoms with E-state index in [1.54, 1.807) is 0 Å². The Morgan fingerprint density at radius 3 is 1.50 bits per heavy atom. The molecule has 0 saturated carbocycles. The van der Waals surface area contributed by atoms with Crippen LogP contribution in [0.4, 0.5) is 0 Å². The quantitative estimate of drug-likeness (QED) is 0.542. The molecule has 0 radical (unpaired) electrons. The zero-order valence-electron chi connectivity index (χ0n) is 13.6. The molecular weight excluding hydrogens is 264 g/mol. The second-order valence-electron chi connectivity index (χ2n) is 5.73. The Morgan fingerprint density at radius 1 is 0.682 bits per heavy atom. The first kappa shape index (κ1) is 22.7. The topological polar surface area (TPSA) is 0 Å². The van der Waals surface area contributed by atoms with E-state index in [0.29, 0.717) is 11.8 Å². The molecule has 2 aromatic carbocycles. The lowest BCUT2D eigenvalue weighted by Crippen LogP contribution is -2.01. The molecule has 2 aromatic rings. The number of rotatable bonds is 3. The molecule has 0 aliphatic rings. The predicted octanol–water partition coefficient (Wildman–Crippen LogP) is 7.80. The van der Waals surface area contributed by atoms with Gasteiger partial charge in [0.2, 0.25) is 0 Å². The minimum absolute atomic E-state index is 0. The van der Waals surface area contributed by atoms with Crippen molar-refractivity contribution in [2.75, 3.05) is 0 Å². The fourth-order valence-corrected chi connectivity index (χ4v) is 1.99. The number of hydrogen-bond donors (Lipinski definition) is 0. The molecule has 0 bridgehead atoms. The normalized spacial score (nSPS) is 10.6. The summed E-state index contributed by atoms with van der Waals surface area (Å²) in [5, 5.41) is 0. The maximum atomic E-state index is 2.29. The van der Waals surface area contributed by atoms with Crippen molar-refractivity contribution in [2.45, 2.75) is 61.8 Å². The van der Waals surface area contributed by atoms with Crippen molar-refractivity contribution in [1.82, 2.24) is 0 Å². The van der Waals surface area contributed by atoms with E-state index in [0.717, 1.165) is 0 Å². The van der Waals surface area contributed by atoms with Crippen LogP contribution >= 0.6 is 0 Å². The van der Waals surface area contributed by atoms with E-state index >= 15 is 0 Å². The molecule has 1 atom stereocenters. The van der Waals surface area contributed by atoms with Gasteiger partial charge >= 0.3 is 0 Å². The van der Waals surface area contributed by atoms with E-state index in [-0.39, 0.29) is 14.9 Å². The molecule has 22 heavy (non-hydrogen) atoms. The van der Waals surface area contributed by atoms with Crippen LogP contribution in [0.2, 0.25) is 0 Å². The monoisotopic (exact) mass is 300 g/mol. The van der Waals surface area contributed by atoms with Gasteiger partial charge in [0.25, 0.3) is 0 Å². The molecule has 0 aliphatic heterocycles. The minimum Gasteiger partial charge on any atom is -0.0776 e. The van der Waals surface area contributed by atoms with E-state index < -0.39 is 0 Å². The van der Waals surface area contributed by atoms with Crippen LogP contribution in [-0.2, 0) is 0 Å². The summed E-state index contributed by atoms with van der Waals surface area (Å²) in [6, 6.07) is 19.5. The lowest BCUT2D eigenvalue weighted by molar-refractivity contribution is 0.535. The second kappa shape index (κ2) is 12.0. The maximum absolute atomic E-state index is 2.29. The SMILES string of the molecule is C.C.CC(C)C(C)c1ccc(-c2ccccc2)cc1.CCC. The summed E-state index contributed by atoms with van der Waals surface area (Å²) in [5.74, 6) is 1.32. The first-order valence-electron chi connectivity index (χ1n) is 7.75. The Kier molecular flexibility index (Phi) is 12.4. The first-order valence-corrected chi connectivity index (χ1v) is 7.75. The van der Waals surface area contributed by atoms with Crippen molar-refractivity contribution in [1.29, 1.82) is 0 Å². The van der Waals surface area contributed by atoms with Gasteiger partial charge < -0.3 is 0 Å². The predicted molar refractivity (Wildman–Crippen MR) is 105 cm³/mol. The molecule has 1 unspecified atom stereocenters. The summed E-state index contributed by atoms with van der Waals surface area (Å²) in [6.07, 6.45) is 1.25. The van der Waals surface area contributed by atoms with Crippen molar-refractivity contribution in [3.8, 4) is 11.1 Å². The summed E-state index contributed by atoms with van der Waals surface area (Å²) < 4.78 is 0. The van der Waals surface area contributed by atoms with Crippen molar-refractivity contribution in [3.63, 3.8) is 0 Å². The molecule has 0 amide bonds. The summed E-state index contributed by atoms with van der Waals surface area (Å²) in [4.78, 5) is 0. The van der Waals surface area contributed by atoms with Crippen LogP contribution in [0.5, 0.6) is 0 Å². The van der Waals surface area contributed by atoms with E-state index in [4.69, 9.17) is 0 Å². The highest BCUT2D eigenvalue weighted by Gasteiger charge is 2.09. The Bertz CT molecular complexity index is 465.